The number of aryl methyl sites for hydroxylation is 1. The van der Waals surface area contributed by atoms with E-state index in [0.717, 1.165) is 16.5 Å². The van der Waals surface area contributed by atoms with Crippen molar-refractivity contribution in [3.05, 3.63) is 40.6 Å². The first-order valence-electron chi connectivity index (χ1n) is 5.62. The molecule has 0 aliphatic carbocycles. The van der Waals surface area contributed by atoms with E-state index in [-0.39, 0.29) is 5.69 Å². The first-order valence-corrected chi connectivity index (χ1v) is 6.41. The fourth-order valence-corrected chi connectivity index (χ4v) is 2.89. The molecule has 0 fully saturated rings. The molecular formula is C13H10BrN3O2. The van der Waals surface area contributed by atoms with Crippen LogP contribution in [0, 0.1) is 0 Å². The lowest BCUT2D eigenvalue weighted by molar-refractivity contribution is 0.0684. The Morgan fingerprint density at radius 1 is 1.42 bits per heavy atom. The molecule has 1 aromatic carbocycles. The highest BCUT2D eigenvalue weighted by Gasteiger charge is 2.22. The minimum atomic E-state index is -1.01. The minimum Gasteiger partial charge on any atom is -0.476 e. The van der Waals surface area contributed by atoms with Crippen LogP contribution in [0.25, 0.3) is 22.2 Å². The number of benzene rings is 1. The van der Waals surface area contributed by atoms with Gasteiger partial charge >= 0.3 is 5.97 Å². The summed E-state index contributed by atoms with van der Waals surface area (Å²) in [5.74, 6) is -1.01. The molecule has 0 atom stereocenters. The van der Waals surface area contributed by atoms with Crippen LogP contribution in [-0.4, -0.2) is 25.8 Å². The summed E-state index contributed by atoms with van der Waals surface area (Å²) in [4.78, 5) is 14.3. The van der Waals surface area contributed by atoms with Gasteiger partial charge in [0.1, 0.15) is 5.69 Å². The van der Waals surface area contributed by atoms with Crippen molar-refractivity contribution in [1.82, 2.24) is 14.8 Å². The molecule has 0 aliphatic heterocycles. The number of fused-ring (bicyclic) bond motifs is 1. The number of carbonyl (C=O) groups is 1. The molecule has 3 rings (SSSR count). The predicted octanol–water partition coefficient (Wildman–Crippen LogP) is 3.03. The van der Waals surface area contributed by atoms with Crippen LogP contribution in [0.3, 0.4) is 0 Å². The zero-order valence-electron chi connectivity index (χ0n) is 10.0. The normalized spacial score (nSPS) is 11.1. The second-order valence-corrected chi connectivity index (χ2v) is 4.98. The van der Waals surface area contributed by atoms with Crippen molar-refractivity contribution in [3.63, 3.8) is 0 Å². The fraction of sp³-hybridized carbons (Fsp3) is 0.0769. The second-order valence-electron chi connectivity index (χ2n) is 4.19. The molecule has 6 heteroatoms. The number of hydrogen-bond acceptors (Lipinski definition) is 2. The summed E-state index contributed by atoms with van der Waals surface area (Å²) in [5.41, 5.74) is 2.63. The number of H-pyrrole nitrogens is 1. The van der Waals surface area contributed by atoms with Gasteiger partial charge < -0.3 is 10.1 Å². The smallest absolute Gasteiger partial charge is 0.355 e. The number of aromatic amines is 1. The molecule has 5 nitrogen and oxygen atoms in total. The van der Waals surface area contributed by atoms with Gasteiger partial charge in [-0.25, -0.2) is 4.79 Å². The lowest BCUT2D eigenvalue weighted by atomic mass is 10.1. The molecule has 2 heterocycles. The maximum absolute atomic E-state index is 11.2. The molecular weight excluding hydrogens is 310 g/mol. The Morgan fingerprint density at radius 2 is 2.16 bits per heavy atom. The van der Waals surface area contributed by atoms with Crippen LogP contribution < -0.4 is 0 Å². The van der Waals surface area contributed by atoms with E-state index in [9.17, 15) is 9.90 Å². The number of nitrogens with zero attached hydrogens (tertiary/aromatic N) is 2. The average molecular weight is 320 g/mol. The van der Waals surface area contributed by atoms with Gasteiger partial charge in [-0.2, -0.15) is 5.10 Å². The molecule has 0 aliphatic rings. The Bertz CT molecular complexity index is 788. The largest absolute Gasteiger partial charge is 0.476 e. The predicted molar refractivity (Wildman–Crippen MR) is 75.2 cm³/mol. The molecule has 0 saturated heterocycles. The van der Waals surface area contributed by atoms with Crippen LogP contribution in [0.15, 0.2) is 34.9 Å². The topological polar surface area (TPSA) is 70.9 Å². The summed E-state index contributed by atoms with van der Waals surface area (Å²) in [5, 5.41) is 14.5. The number of carboxylic acid groups (broad SMARTS) is 1. The van der Waals surface area contributed by atoms with E-state index in [4.69, 9.17) is 0 Å². The average Bonchev–Trinajstić information content (AvgIpc) is 2.90. The maximum Gasteiger partial charge on any atom is 0.355 e. The monoisotopic (exact) mass is 319 g/mol. The number of rotatable bonds is 2. The number of nitrogens with one attached hydrogen (secondary N) is 1. The highest BCUT2D eigenvalue weighted by Crippen LogP contribution is 2.34. The third kappa shape index (κ3) is 1.76. The van der Waals surface area contributed by atoms with E-state index in [1.165, 1.54) is 4.68 Å². The van der Waals surface area contributed by atoms with Crippen LogP contribution in [0.4, 0.5) is 0 Å². The van der Waals surface area contributed by atoms with E-state index < -0.39 is 5.97 Å². The second kappa shape index (κ2) is 4.24. The van der Waals surface area contributed by atoms with Crippen LogP contribution in [-0.2, 0) is 7.05 Å². The van der Waals surface area contributed by atoms with Gasteiger partial charge in [0.2, 0.25) is 0 Å². The van der Waals surface area contributed by atoms with E-state index in [0.29, 0.717) is 10.2 Å². The molecule has 0 spiro atoms. The van der Waals surface area contributed by atoms with Crippen molar-refractivity contribution in [2.24, 2.45) is 7.05 Å². The molecule has 19 heavy (non-hydrogen) atoms. The molecule has 2 aromatic heterocycles. The lowest BCUT2D eigenvalue weighted by Gasteiger charge is -1.95. The number of hydrogen-bond donors (Lipinski definition) is 2. The molecule has 0 saturated carbocycles. The van der Waals surface area contributed by atoms with Gasteiger partial charge in [-0.3, -0.25) is 4.68 Å². The zero-order valence-corrected chi connectivity index (χ0v) is 11.6. The van der Waals surface area contributed by atoms with Gasteiger partial charge in [-0.1, -0.05) is 18.2 Å². The standard InChI is InChI=1S/C13H10BrN3O2/c1-17-12(13(18)19)10(14)11(16-17)8-6-15-9-5-3-2-4-7(8)9/h2-6,15H,1H3,(H,18,19). The molecule has 0 bridgehead atoms. The maximum atomic E-state index is 11.2. The number of carboxylic acids is 1. The number of aromatic carboxylic acids is 1. The van der Waals surface area contributed by atoms with Crippen molar-refractivity contribution < 1.29 is 9.90 Å². The van der Waals surface area contributed by atoms with Gasteiger partial charge in [-0.05, 0) is 22.0 Å². The van der Waals surface area contributed by atoms with Gasteiger partial charge in [0, 0.05) is 29.7 Å². The molecule has 0 radical (unpaired) electrons. The number of aromatic nitrogens is 3. The van der Waals surface area contributed by atoms with E-state index in [2.05, 4.69) is 26.0 Å². The highest BCUT2D eigenvalue weighted by atomic mass is 79.9. The van der Waals surface area contributed by atoms with E-state index >= 15 is 0 Å². The first kappa shape index (κ1) is 12.0. The SMILES string of the molecule is Cn1nc(-c2c[nH]c3ccccc23)c(Br)c1C(=O)O. The summed E-state index contributed by atoms with van der Waals surface area (Å²) in [7, 11) is 1.62. The van der Waals surface area contributed by atoms with Crippen LogP contribution in [0.1, 0.15) is 10.5 Å². The summed E-state index contributed by atoms with van der Waals surface area (Å²) in [6.45, 7) is 0. The van der Waals surface area contributed by atoms with Crippen molar-refractivity contribution >= 4 is 32.8 Å². The Hall–Kier alpha value is -2.08. The third-order valence-corrected chi connectivity index (χ3v) is 3.79. The van der Waals surface area contributed by atoms with E-state index in [1.807, 2.05) is 30.5 Å². The molecule has 0 amide bonds. The molecule has 0 unspecified atom stereocenters. The Morgan fingerprint density at radius 3 is 2.84 bits per heavy atom. The quantitative estimate of drug-likeness (QED) is 0.762. The Kier molecular flexibility index (Phi) is 2.67. The lowest BCUT2D eigenvalue weighted by Crippen LogP contribution is -2.05. The van der Waals surface area contributed by atoms with Gasteiger partial charge in [0.25, 0.3) is 0 Å². The number of halogens is 1. The van der Waals surface area contributed by atoms with Crippen molar-refractivity contribution in [3.8, 4) is 11.3 Å². The Balaban J connectivity index is 2.28. The fourth-order valence-electron chi connectivity index (χ4n) is 2.17. The highest BCUT2D eigenvalue weighted by molar-refractivity contribution is 9.10. The zero-order chi connectivity index (χ0) is 13.6. The van der Waals surface area contributed by atoms with Crippen LogP contribution in [0.5, 0.6) is 0 Å². The summed E-state index contributed by atoms with van der Waals surface area (Å²) in [6.07, 6.45) is 1.84. The van der Waals surface area contributed by atoms with Crippen LogP contribution in [0.2, 0.25) is 0 Å². The summed E-state index contributed by atoms with van der Waals surface area (Å²) >= 11 is 3.33. The number of para-hydroxylation sites is 1. The van der Waals surface area contributed by atoms with Crippen molar-refractivity contribution in [2.45, 2.75) is 0 Å². The molecule has 3 aromatic rings. The van der Waals surface area contributed by atoms with Gasteiger partial charge in [0.15, 0.2) is 5.69 Å². The summed E-state index contributed by atoms with van der Waals surface area (Å²) < 4.78 is 1.86. The van der Waals surface area contributed by atoms with Crippen molar-refractivity contribution in [1.29, 1.82) is 0 Å². The van der Waals surface area contributed by atoms with Gasteiger partial charge in [-0.15, -0.1) is 0 Å². The molecule has 2 N–H and O–H groups in total. The molecule has 96 valence electrons. The Labute approximate surface area is 117 Å². The van der Waals surface area contributed by atoms with E-state index in [1.54, 1.807) is 7.05 Å². The summed E-state index contributed by atoms with van der Waals surface area (Å²) in [6, 6.07) is 7.82. The van der Waals surface area contributed by atoms with Crippen LogP contribution >= 0.6 is 15.9 Å². The third-order valence-electron chi connectivity index (χ3n) is 3.04. The first-order chi connectivity index (χ1) is 9.09. The van der Waals surface area contributed by atoms with Gasteiger partial charge in [0.05, 0.1) is 4.47 Å². The van der Waals surface area contributed by atoms with Crippen molar-refractivity contribution in [2.75, 3.05) is 0 Å². The minimum absolute atomic E-state index is 0.139.